The molecule has 0 aliphatic heterocycles. The van der Waals surface area contributed by atoms with Crippen LogP contribution in [0, 0.1) is 0 Å². The summed E-state index contributed by atoms with van der Waals surface area (Å²) in [4.78, 5) is 25.9. The summed E-state index contributed by atoms with van der Waals surface area (Å²) >= 11 is 0. The van der Waals surface area contributed by atoms with E-state index in [1.54, 1.807) is 24.3 Å². The van der Waals surface area contributed by atoms with Crippen LogP contribution in [0.4, 0.5) is 0 Å². The van der Waals surface area contributed by atoms with Crippen molar-refractivity contribution in [1.82, 2.24) is 10.3 Å². The van der Waals surface area contributed by atoms with Gasteiger partial charge in [-0.25, -0.2) is 8.42 Å². The summed E-state index contributed by atoms with van der Waals surface area (Å²) in [5.74, 6) is -0.582. The number of pyridine rings is 1. The fourth-order valence-corrected chi connectivity index (χ4v) is 3.24. The molecule has 0 bridgehead atoms. The van der Waals surface area contributed by atoms with Crippen molar-refractivity contribution in [3.05, 3.63) is 64.6 Å². The van der Waals surface area contributed by atoms with Crippen LogP contribution in [-0.2, 0) is 9.84 Å². The Kier molecular flexibility index (Phi) is 5.11. The van der Waals surface area contributed by atoms with Gasteiger partial charge < -0.3 is 10.3 Å². The van der Waals surface area contributed by atoms with Gasteiger partial charge in [0.15, 0.2) is 9.84 Å². The van der Waals surface area contributed by atoms with Crippen molar-refractivity contribution in [2.45, 2.75) is 11.3 Å². The lowest BCUT2D eigenvalue weighted by Gasteiger charge is -2.06. The van der Waals surface area contributed by atoms with Gasteiger partial charge in [-0.05, 0) is 30.7 Å². The second-order valence-electron chi connectivity index (χ2n) is 4.65. The van der Waals surface area contributed by atoms with Gasteiger partial charge in [0, 0.05) is 12.7 Å². The molecule has 22 heavy (non-hydrogen) atoms. The second kappa shape index (κ2) is 7.04. The number of aromatic amines is 1. The molecule has 0 aliphatic rings. The fraction of sp³-hybridized carbons (Fsp3) is 0.200. The molecule has 0 radical (unpaired) electrons. The van der Waals surface area contributed by atoms with Crippen molar-refractivity contribution in [2.24, 2.45) is 0 Å². The molecule has 0 spiro atoms. The van der Waals surface area contributed by atoms with E-state index in [-0.39, 0.29) is 29.2 Å². The molecule has 1 amide bonds. The number of benzene rings is 1. The average molecular weight is 320 g/mol. The van der Waals surface area contributed by atoms with Crippen molar-refractivity contribution >= 4 is 15.7 Å². The molecule has 1 aromatic carbocycles. The number of hydrogen-bond acceptors (Lipinski definition) is 4. The first-order valence-electron chi connectivity index (χ1n) is 6.74. The van der Waals surface area contributed by atoms with Gasteiger partial charge in [-0.3, -0.25) is 9.59 Å². The van der Waals surface area contributed by atoms with Gasteiger partial charge in [0.25, 0.3) is 11.5 Å². The maximum Gasteiger partial charge on any atom is 0.260 e. The predicted octanol–water partition coefficient (Wildman–Crippen LogP) is 0.969. The van der Waals surface area contributed by atoms with Crippen LogP contribution < -0.4 is 10.9 Å². The standard InChI is InChI=1S/C15H16N2O4S/c18-14-13(8-4-9-16-14)15(19)17-10-5-11-22(20,21)12-6-2-1-3-7-12/h1-4,6-9H,5,10-11H2,(H,16,18)(H,17,19). The SMILES string of the molecule is O=C(NCCCS(=O)(=O)c1ccccc1)c1ccc[nH]c1=O. The van der Waals surface area contributed by atoms with Crippen LogP contribution in [0.1, 0.15) is 16.8 Å². The highest BCUT2D eigenvalue weighted by Crippen LogP contribution is 2.10. The van der Waals surface area contributed by atoms with Crippen LogP contribution in [0.15, 0.2) is 58.4 Å². The van der Waals surface area contributed by atoms with Gasteiger partial charge in [0.2, 0.25) is 0 Å². The maximum atomic E-state index is 12.0. The van der Waals surface area contributed by atoms with Crippen molar-refractivity contribution in [2.75, 3.05) is 12.3 Å². The molecule has 0 aliphatic carbocycles. The molecule has 0 saturated heterocycles. The van der Waals surface area contributed by atoms with Crippen LogP contribution in [0.2, 0.25) is 0 Å². The molecule has 1 aromatic heterocycles. The summed E-state index contributed by atoms with van der Waals surface area (Å²) in [6.45, 7) is 0.180. The zero-order valence-electron chi connectivity index (χ0n) is 11.8. The summed E-state index contributed by atoms with van der Waals surface area (Å²) in [6, 6.07) is 11.1. The van der Waals surface area contributed by atoms with Crippen LogP contribution in [0.3, 0.4) is 0 Å². The van der Waals surface area contributed by atoms with E-state index in [2.05, 4.69) is 10.3 Å². The third-order valence-electron chi connectivity index (χ3n) is 3.04. The van der Waals surface area contributed by atoms with Gasteiger partial charge in [-0.15, -0.1) is 0 Å². The molecular weight excluding hydrogens is 304 g/mol. The third-order valence-corrected chi connectivity index (χ3v) is 4.86. The Morgan fingerprint density at radius 2 is 1.82 bits per heavy atom. The lowest BCUT2D eigenvalue weighted by molar-refractivity contribution is 0.0952. The largest absolute Gasteiger partial charge is 0.352 e. The Bertz CT molecular complexity index is 798. The van der Waals surface area contributed by atoms with Crippen molar-refractivity contribution < 1.29 is 13.2 Å². The van der Waals surface area contributed by atoms with Crippen molar-refractivity contribution in [3.8, 4) is 0 Å². The first kappa shape index (κ1) is 16.0. The Morgan fingerprint density at radius 1 is 1.09 bits per heavy atom. The van der Waals surface area contributed by atoms with Crippen molar-refractivity contribution in [3.63, 3.8) is 0 Å². The molecule has 6 nitrogen and oxygen atoms in total. The number of H-pyrrole nitrogens is 1. The summed E-state index contributed by atoms with van der Waals surface area (Å²) in [5, 5.41) is 2.54. The molecule has 2 aromatic rings. The normalized spacial score (nSPS) is 11.1. The van der Waals surface area contributed by atoms with Crippen LogP contribution in [0.5, 0.6) is 0 Å². The highest BCUT2D eigenvalue weighted by Gasteiger charge is 2.14. The first-order chi connectivity index (χ1) is 10.5. The second-order valence-corrected chi connectivity index (χ2v) is 6.76. The fourth-order valence-electron chi connectivity index (χ4n) is 1.91. The van der Waals surface area contributed by atoms with Gasteiger partial charge >= 0.3 is 0 Å². The number of carbonyl (C=O) groups is 1. The molecular formula is C15H16N2O4S. The molecule has 0 fully saturated rings. The van der Waals surface area contributed by atoms with Gasteiger partial charge in [0.05, 0.1) is 10.6 Å². The molecule has 0 saturated carbocycles. The van der Waals surface area contributed by atoms with Crippen LogP contribution in [-0.4, -0.2) is 31.6 Å². The quantitative estimate of drug-likeness (QED) is 0.775. The van der Waals surface area contributed by atoms with E-state index in [9.17, 15) is 18.0 Å². The summed E-state index contributed by atoms with van der Waals surface area (Å²) in [7, 11) is -3.35. The topological polar surface area (TPSA) is 96.1 Å². The van der Waals surface area contributed by atoms with Crippen LogP contribution >= 0.6 is 0 Å². The maximum absolute atomic E-state index is 12.0. The third kappa shape index (κ3) is 4.05. The summed E-state index contributed by atoms with van der Waals surface area (Å²) in [6.07, 6.45) is 1.71. The summed E-state index contributed by atoms with van der Waals surface area (Å²) in [5.41, 5.74) is -0.467. The summed E-state index contributed by atoms with van der Waals surface area (Å²) < 4.78 is 24.1. The molecule has 1 heterocycles. The number of sulfone groups is 1. The minimum absolute atomic E-state index is 0.00779. The number of aromatic nitrogens is 1. The van der Waals surface area contributed by atoms with Gasteiger partial charge in [-0.2, -0.15) is 0 Å². The number of carbonyl (C=O) groups excluding carboxylic acids is 1. The lowest BCUT2D eigenvalue weighted by Crippen LogP contribution is -2.30. The van der Waals surface area contributed by atoms with Gasteiger partial charge in [0.1, 0.15) is 5.56 Å². The molecule has 2 rings (SSSR count). The molecule has 0 unspecified atom stereocenters. The monoisotopic (exact) mass is 320 g/mol. The van der Waals surface area contributed by atoms with E-state index in [4.69, 9.17) is 0 Å². The van der Waals surface area contributed by atoms with Crippen LogP contribution in [0.25, 0.3) is 0 Å². The van der Waals surface area contributed by atoms with E-state index in [1.165, 1.54) is 24.4 Å². The van der Waals surface area contributed by atoms with Crippen molar-refractivity contribution in [1.29, 1.82) is 0 Å². The minimum Gasteiger partial charge on any atom is -0.352 e. The Balaban J connectivity index is 1.86. The first-order valence-corrected chi connectivity index (χ1v) is 8.39. The number of amides is 1. The van der Waals surface area contributed by atoms with Gasteiger partial charge in [-0.1, -0.05) is 18.2 Å². The highest BCUT2D eigenvalue weighted by atomic mass is 32.2. The molecule has 2 N–H and O–H groups in total. The Morgan fingerprint density at radius 3 is 2.50 bits per heavy atom. The molecule has 0 atom stereocenters. The van der Waals surface area contributed by atoms with E-state index in [0.29, 0.717) is 0 Å². The van der Waals surface area contributed by atoms with E-state index in [1.807, 2.05) is 0 Å². The van der Waals surface area contributed by atoms with E-state index < -0.39 is 21.3 Å². The molecule has 7 heteroatoms. The number of hydrogen-bond donors (Lipinski definition) is 2. The lowest BCUT2D eigenvalue weighted by atomic mass is 10.2. The zero-order valence-corrected chi connectivity index (χ0v) is 12.6. The Hall–Kier alpha value is -2.41. The predicted molar refractivity (Wildman–Crippen MR) is 82.5 cm³/mol. The molecule has 116 valence electrons. The number of nitrogens with one attached hydrogen (secondary N) is 2. The zero-order chi connectivity index (χ0) is 16.0. The smallest absolute Gasteiger partial charge is 0.260 e. The van der Waals surface area contributed by atoms with E-state index >= 15 is 0 Å². The van der Waals surface area contributed by atoms with E-state index in [0.717, 1.165) is 0 Å². The highest BCUT2D eigenvalue weighted by molar-refractivity contribution is 7.91. The Labute approximate surface area is 128 Å². The minimum atomic E-state index is -3.35. The number of rotatable bonds is 6. The average Bonchev–Trinajstić information content (AvgIpc) is 2.53.